The van der Waals surface area contributed by atoms with Gasteiger partial charge in [-0.3, -0.25) is 0 Å². The SMILES string of the molecule is N#CC1CCC(c2nnn3cnc4[nH]ccc4c23)CC1. The van der Waals surface area contributed by atoms with Crippen LogP contribution in [0, 0.1) is 17.2 Å². The van der Waals surface area contributed by atoms with Gasteiger partial charge < -0.3 is 4.98 Å². The van der Waals surface area contributed by atoms with Gasteiger partial charge in [0.1, 0.15) is 17.5 Å². The second-order valence-electron chi connectivity index (χ2n) is 5.43. The van der Waals surface area contributed by atoms with Gasteiger partial charge in [0.25, 0.3) is 0 Å². The topological polar surface area (TPSA) is 82.7 Å². The molecule has 0 spiro atoms. The Morgan fingerprint density at radius 1 is 1.30 bits per heavy atom. The molecule has 3 heterocycles. The summed E-state index contributed by atoms with van der Waals surface area (Å²) in [6.45, 7) is 0. The highest BCUT2D eigenvalue weighted by molar-refractivity contribution is 5.92. The van der Waals surface area contributed by atoms with E-state index in [1.54, 1.807) is 10.8 Å². The number of nitrogens with zero attached hydrogens (tertiary/aromatic N) is 5. The average molecular weight is 266 g/mol. The molecule has 0 bridgehead atoms. The molecule has 100 valence electrons. The number of nitrogens with one attached hydrogen (secondary N) is 1. The second kappa shape index (κ2) is 4.30. The molecule has 0 aromatic carbocycles. The van der Waals surface area contributed by atoms with Crippen molar-refractivity contribution in [2.24, 2.45) is 5.92 Å². The van der Waals surface area contributed by atoms with Gasteiger partial charge in [0.05, 0.1) is 11.8 Å². The van der Waals surface area contributed by atoms with Gasteiger partial charge in [-0.05, 0) is 31.7 Å². The van der Waals surface area contributed by atoms with Crippen molar-refractivity contribution in [2.75, 3.05) is 0 Å². The normalized spacial score (nSPS) is 23.1. The molecule has 0 radical (unpaired) electrons. The molecule has 1 fully saturated rings. The van der Waals surface area contributed by atoms with Gasteiger partial charge in [0.2, 0.25) is 0 Å². The summed E-state index contributed by atoms with van der Waals surface area (Å²) < 4.78 is 1.75. The Morgan fingerprint density at radius 2 is 2.15 bits per heavy atom. The summed E-state index contributed by atoms with van der Waals surface area (Å²) in [4.78, 5) is 7.44. The van der Waals surface area contributed by atoms with Crippen molar-refractivity contribution in [1.82, 2.24) is 24.8 Å². The third kappa shape index (κ3) is 1.59. The Balaban J connectivity index is 1.80. The van der Waals surface area contributed by atoms with E-state index >= 15 is 0 Å². The number of hydrogen-bond donors (Lipinski definition) is 1. The van der Waals surface area contributed by atoms with Crippen molar-refractivity contribution in [3.63, 3.8) is 0 Å². The molecule has 3 aromatic heterocycles. The first-order valence-electron chi connectivity index (χ1n) is 6.93. The van der Waals surface area contributed by atoms with Crippen LogP contribution in [0.1, 0.15) is 37.3 Å². The fourth-order valence-electron chi connectivity index (χ4n) is 3.19. The number of aromatic amines is 1. The van der Waals surface area contributed by atoms with Crippen LogP contribution in [0.2, 0.25) is 0 Å². The molecule has 0 unspecified atom stereocenters. The molecule has 0 aliphatic heterocycles. The summed E-state index contributed by atoms with van der Waals surface area (Å²) >= 11 is 0. The monoisotopic (exact) mass is 266 g/mol. The van der Waals surface area contributed by atoms with E-state index in [1.165, 1.54) is 0 Å². The number of rotatable bonds is 1. The Morgan fingerprint density at radius 3 is 2.95 bits per heavy atom. The van der Waals surface area contributed by atoms with Crippen LogP contribution in [0.5, 0.6) is 0 Å². The lowest BCUT2D eigenvalue weighted by molar-refractivity contribution is 0.378. The van der Waals surface area contributed by atoms with Crippen LogP contribution >= 0.6 is 0 Å². The largest absolute Gasteiger partial charge is 0.346 e. The van der Waals surface area contributed by atoms with Crippen LogP contribution < -0.4 is 0 Å². The van der Waals surface area contributed by atoms with Gasteiger partial charge in [-0.15, -0.1) is 5.10 Å². The maximum atomic E-state index is 9.00. The minimum Gasteiger partial charge on any atom is -0.346 e. The van der Waals surface area contributed by atoms with E-state index in [-0.39, 0.29) is 5.92 Å². The highest BCUT2D eigenvalue weighted by atomic mass is 15.4. The quantitative estimate of drug-likeness (QED) is 0.733. The second-order valence-corrected chi connectivity index (χ2v) is 5.43. The van der Waals surface area contributed by atoms with Gasteiger partial charge >= 0.3 is 0 Å². The Bertz CT molecular complexity index is 800. The molecular formula is C14H14N6. The molecule has 4 rings (SSSR count). The first-order valence-corrected chi connectivity index (χ1v) is 6.93. The maximum absolute atomic E-state index is 9.00. The summed E-state index contributed by atoms with van der Waals surface area (Å²) in [7, 11) is 0. The Hall–Kier alpha value is -2.42. The Kier molecular flexibility index (Phi) is 2.46. The lowest BCUT2D eigenvalue weighted by Gasteiger charge is -2.23. The van der Waals surface area contributed by atoms with Crippen LogP contribution in [-0.2, 0) is 0 Å². The molecule has 1 saturated carbocycles. The molecule has 1 aliphatic rings. The van der Waals surface area contributed by atoms with Crippen LogP contribution in [0.15, 0.2) is 18.6 Å². The average Bonchev–Trinajstić information content (AvgIpc) is 3.13. The fourth-order valence-corrected chi connectivity index (χ4v) is 3.19. The van der Waals surface area contributed by atoms with E-state index in [0.29, 0.717) is 5.92 Å². The Labute approximate surface area is 115 Å². The summed E-state index contributed by atoms with van der Waals surface area (Å²) in [6.07, 6.45) is 7.54. The first kappa shape index (κ1) is 11.4. The number of nitriles is 1. The van der Waals surface area contributed by atoms with Crippen molar-refractivity contribution in [2.45, 2.75) is 31.6 Å². The zero-order chi connectivity index (χ0) is 13.5. The van der Waals surface area contributed by atoms with Crippen LogP contribution in [0.3, 0.4) is 0 Å². The predicted molar refractivity (Wildman–Crippen MR) is 73.0 cm³/mol. The zero-order valence-corrected chi connectivity index (χ0v) is 11.0. The van der Waals surface area contributed by atoms with Gasteiger partial charge in [0, 0.05) is 23.4 Å². The van der Waals surface area contributed by atoms with Crippen LogP contribution in [0.4, 0.5) is 0 Å². The van der Waals surface area contributed by atoms with Crippen LogP contribution in [-0.4, -0.2) is 24.8 Å². The first-order chi connectivity index (χ1) is 9.86. The predicted octanol–water partition coefficient (Wildman–Crippen LogP) is 2.40. The minimum absolute atomic E-state index is 0.210. The molecule has 20 heavy (non-hydrogen) atoms. The van der Waals surface area contributed by atoms with E-state index in [2.05, 4.69) is 26.3 Å². The van der Waals surface area contributed by atoms with Gasteiger partial charge in [-0.2, -0.15) is 5.26 Å². The summed E-state index contributed by atoms with van der Waals surface area (Å²) in [5, 5.41) is 18.6. The van der Waals surface area contributed by atoms with Crippen LogP contribution in [0.25, 0.3) is 16.6 Å². The minimum atomic E-state index is 0.210. The lowest BCUT2D eigenvalue weighted by Crippen LogP contribution is -2.12. The maximum Gasteiger partial charge on any atom is 0.141 e. The van der Waals surface area contributed by atoms with Crippen molar-refractivity contribution in [3.8, 4) is 6.07 Å². The van der Waals surface area contributed by atoms with E-state index < -0.39 is 0 Å². The summed E-state index contributed by atoms with van der Waals surface area (Å²) in [6, 6.07) is 4.40. The van der Waals surface area contributed by atoms with Crippen molar-refractivity contribution < 1.29 is 0 Å². The molecule has 0 amide bonds. The van der Waals surface area contributed by atoms with Gasteiger partial charge in [0.15, 0.2) is 0 Å². The van der Waals surface area contributed by atoms with E-state index in [4.69, 9.17) is 5.26 Å². The van der Waals surface area contributed by atoms with Gasteiger partial charge in [-0.1, -0.05) is 5.21 Å². The molecule has 6 heteroatoms. The summed E-state index contributed by atoms with van der Waals surface area (Å²) in [5.74, 6) is 0.611. The highest BCUT2D eigenvalue weighted by Gasteiger charge is 2.26. The molecule has 0 atom stereocenters. The van der Waals surface area contributed by atoms with E-state index in [9.17, 15) is 0 Å². The molecular weight excluding hydrogens is 252 g/mol. The lowest BCUT2D eigenvalue weighted by atomic mass is 9.81. The molecule has 3 aromatic rings. The van der Waals surface area contributed by atoms with E-state index in [1.807, 2.05) is 12.3 Å². The number of aromatic nitrogens is 5. The van der Waals surface area contributed by atoms with Crippen molar-refractivity contribution >= 4 is 16.6 Å². The zero-order valence-electron chi connectivity index (χ0n) is 11.0. The smallest absolute Gasteiger partial charge is 0.141 e. The molecule has 6 nitrogen and oxygen atoms in total. The number of fused-ring (bicyclic) bond motifs is 3. The fraction of sp³-hybridized carbons (Fsp3) is 0.429. The van der Waals surface area contributed by atoms with Crippen molar-refractivity contribution in [3.05, 3.63) is 24.3 Å². The van der Waals surface area contributed by atoms with E-state index in [0.717, 1.165) is 47.9 Å². The number of H-pyrrole nitrogens is 1. The highest BCUT2D eigenvalue weighted by Crippen LogP contribution is 2.37. The third-order valence-electron chi connectivity index (χ3n) is 4.29. The summed E-state index contributed by atoms with van der Waals surface area (Å²) in [5.41, 5.74) is 2.97. The van der Waals surface area contributed by atoms with Gasteiger partial charge in [-0.25, -0.2) is 9.50 Å². The standard InChI is InChI=1S/C14H14N6/c15-7-9-1-3-10(4-2-9)12-13-11-5-6-16-14(11)17-8-20(13)19-18-12/h5-6,8-10,16H,1-4H2. The van der Waals surface area contributed by atoms with Crippen molar-refractivity contribution in [1.29, 1.82) is 5.26 Å². The number of hydrogen-bond acceptors (Lipinski definition) is 4. The molecule has 1 N–H and O–H groups in total. The molecule has 1 aliphatic carbocycles. The molecule has 0 saturated heterocycles. The third-order valence-corrected chi connectivity index (χ3v) is 4.29.